The maximum absolute atomic E-state index is 12.0. The van der Waals surface area contributed by atoms with Crippen molar-refractivity contribution in [3.63, 3.8) is 0 Å². The van der Waals surface area contributed by atoms with Crippen molar-refractivity contribution in [1.29, 1.82) is 0 Å². The quantitative estimate of drug-likeness (QED) is 0.656. The molecule has 0 aliphatic rings. The largest absolute Gasteiger partial charge is 0.389 e. The highest BCUT2D eigenvalue weighted by Gasteiger charge is 2.27. The average molecular weight is 472 g/mol. The summed E-state index contributed by atoms with van der Waals surface area (Å²) in [6.45, 7) is 0. The van der Waals surface area contributed by atoms with Crippen LogP contribution in [0.3, 0.4) is 0 Å². The molecule has 0 saturated heterocycles. The summed E-state index contributed by atoms with van der Waals surface area (Å²) in [4.78, 5) is 0. The molecule has 0 aliphatic heterocycles. The van der Waals surface area contributed by atoms with E-state index in [9.17, 15) is 21.6 Å². The molecule has 0 radical (unpaired) electrons. The molecule has 0 unspecified atom stereocenters. The Morgan fingerprint density at radius 2 is 1.95 bits per heavy atom. The van der Waals surface area contributed by atoms with Gasteiger partial charge in [-0.05, 0) is 63.1 Å². The normalized spacial score (nSPS) is 12.5. The van der Waals surface area contributed by atoms with E-state index in [0.717, 1.165) is 3.57 Å². The van der Waals surface area contributed by atoms with Gasteiger partial charge in [0.15, 0.2) is 0 Å². The van der Waals surface area contributed by atoms with E-state index >= 15 is 0 Å². The number of rotatable bonds is 5. The molecule has 0 aromatic heterocycles. The van der Waals surface area contributed by atoms with Gasteiger partial charge in [-0.3, -0.25) is 4.72 Å². The van der Waals surface area contributed by atoms with Crippen LogP contribution in [0.25, 0.3) is 0 Å². The van der Waals surface area contributed by atoms with Crippen LogP contribution >= 0.6 is 38.5 Å². The Balaban J connectivity index is 2.67. The molecule has 1 aromatic rings. The van der Waals surface area contributed by atoms with E-state index in [-0.39, 0.29) is 0 Å². The third-order valence-corrected chi connectivity index (χ3v) is 4.79. The molecule has 108 valence electrons. The van der Waals surface area contributed by atoms with Crippen molar-refractivity contribution in [2.24, 2.45) is 0 Å². The van der Waals surface area contributed by atoms with Gasteiger partial charge in [0, 0.05) is 14.5 Å². The first-order valence-electron chi connectivity index (χ1n) is 5.11. The van der Waals surface area contributed by atoms with Gasteiger partial charge in [0.1, 0.15) is 0 Å². The zero-order chi connectivity index (χ0) is 14.7. The standard InChI is InChI=1S/C10H10BrF3INO2S/c11-8-3-2-7(15)6-9(8)16-19(17,18)5-1-4-10(12,13)14/h2-3,6,16H,1,4-5H2. The Kier molecular flexibility index (Phi) is 5.93. The Morgan fingerprint density at radius 1 is 1.32 bits per heavy atom. The van der Waals surface area contributed by atoms with Crippen molar-refractivity contribution in [2.45, 2.75) is 19.0 Å². The van der Waals surface area contributed by atoms with Crippen molar-refractivity contribution in [1.82, 2.24) is 0 Å². The van der Waals surface area contributed by atoms with Gasteiger partial charge in [-0.2, -0.15) is 13.2 Å². The lowest BCUT2D eigenvalue weighted by molar-refractivity contribution is -0.134. The maximum Gasteiger partial charge on any atom is 0.389 e. The number of benzene rings is 1. The van der Waals surface area contributed by atoms with Crippen molar-refractivity contribution >= 4 is 54.2 Å². The van der Waals surface area contributed by atoms with Gasteiger partial charge in [-0.1, -0.05) is 0 Å². The predicted octanol–water partition coefficient (Wildman–Crippen LogP) is 4.14. The molecular formula is C10H10BrF3INO2S. The minimum absolute atomic E-state index is 0.318. The number of hydrogen-bond acceptors (Lipinski definition) is 2. The van der Waals surface area contributed by atoms with Crippen LogP contribution in [0.5, 0.6) is 0 Å². The highest BCUT2D eigenvalue weighted by Crippen LogP contribution is 2.26. The van der Waals surface area contributed by atoms with Crippen LogP contribution in [0, 0.1) is 3.57 Å². The lowest BCUT2D eigenvalue weighted by Gasteiger charge is -2.11. The molecule has 1 aromatic carbocycles. The zero-order valence-corrected chi connectivity index (χ0v) is 14.0. The van der Waals surface area contributed by atoms with Crippen LogP contribution in [-0.2, 0) is 10.0 Å². The Bertz CT molecular complexity index is 548. The van der Waals surface area contributed by atoms with E-state index in [1.54, 1.807) is 18.2 Å². The van der Waals surface area contributed by atoms with E-state index < -0.39 is 34.8 Å². The average Bonchev–Trinajstić information content (AvgIpc) is 2.20. The van der Waals surface area contributed by atoms with E-state index in [1.807, 2.05) is 22.6 Å². The number of anilines is 1. The summed E-state index contributed by atoms with van der Waals surface area (Å²) in [7, 11) is -3.78. The van der Waals surface area contributed by atoms with Crippen LogP contribution in [-0.4, -0.2) is 20.3 Å². The molecule has 0 spiro atoms. The van der Waals surface area contributed by atoms with Gasteiger partial charge in [-0.25, -0.2) is 8.42 Å². The van der Waals surface area contributed by atoms with Crippen molar-refractivity contribution in [3.05, 3.63) is 26.2 Å². The molecule has 3 nitrogen and oxygen atoms in total. The van der Waals surface area contributed by atoms with Gasteiger partial charge in [0.05, 0.1) is 11.4 Å². The lowest BCUT2D eigenvalue weighted by Crippen LogP contribution is -2.19. The molecule has 0 saturated carbocycles. The summed E-state index contributed by atoms with van der Waals surface area (Å²) >= 11 is 5.18. The highest BCUT2D eigenvalue weighted by atomic mass is 127. The fraction of sp³-hybridized carbons (Fsp3) is 0.400. The molecule has 0 fully saturated rings. The number of hydrogen-bond donors (Lipinski definition) is 1. The molecule has 9 heteroatoms. The SMILES string of the molecule is O=S(=O)(CCCC(F)(F)F)Nc1cc(I)ccc1Br. The third-order valence-electron chi connectivity index (χ3n) is 2.07. The fourth-order valence-electron chi connectivity index (χ4n) is 1.26. The molecule has 0 bridgehead atoms. The zero-order valence-electron chi connectivity index (χ0n) is 9.47. The number of sulfonamides is 1. The molecule has 0 amide bonds. The second kappa shape index (κ2) is 6.61. The van der Waals surface area contributed by atoms with Gasteiger partial charge in [0.25, 0.3) is 0 Å². The predicted molar refractivity (Wildman–Crippen MR) is 79.6 cm³/mol. The monoisotopic (exact) mass is 471 g/mol. The van der Waals surface area contributed by atoms with Crippen LogP contribution in [0.1, 0.15) is 12.8 Å². The topological polar surface area (TPSA) is 46.2 Å². The summed E-state index contributed by atoms with van der Waals surface area (Å²) in [5, 5.41) is 0. The maximum atomic E-state index is 12.0. The van der Waals surface area contributed by atoms with E-state index in [1.165, 1.54) is 0 Å². The van der Waals surface area contributed by atoms with Crippen LogP contribution < -0.4 is 4.72 Å². The third kappa shape index (κ3) is 6.80. The first-order valence-corrected chi connectivity index (χ1v) is 8.64. The summed E-state index contributed by atoms with van der Waals surface area (Å²) in [5.74, 6) is -0.565. The van der Waals surface area contributed by atoms with Gasteiger partial charge < -0.3 is 0 Å². The summed E-state index contributed by atoms with van der Waals surface area (Å²) in [5.41, 5.74) is 0.318. The minimum atomic E-state index is -4.34. The van der Waals surface area contributed by atoms with Crippen LogP contribution in [0.15, 0.2) is 22.7 Å². The first-order chi connectivity index (χ1) is 8.59. The first kappa shape index (κ1) is 17.0. The molecule has 1 rings (SSSR count). The molecule has 0 heterocycles. The van der Waals surface area contributed by atoms with Gasteiger partial charge >= 0.3 is 6.18 Å². The summed E-state index contributed by atoms with van der Waals surface area (Å²) in [6, 6.07) is 5.02. The lowest BCUT2D eigenvalue weighted by atomic mass is 10.3. The Hall–Kier alpha value is -0.0300. The summed E-state index contributed by atoms with van der Waals surface area (Å²) < 4.78 is 62.8. The fourth-order valence-corrected chi connectivity index (χ4v) is 3.36. The minimum Gasteiger partial charge on any atom is -0.282 e. The number of halogens is 5. The van der Waals surface area contributed by atoms with Crippen molar-refractivity contribution in [3.8, 4) is 0 Å². The smallest absolute Gasteiger partial charge is 0.282 e. The van der Waals surface area contributed by atoms with Gasteiger partial charge in [0.2, 0.25) is 10.0 Å². The number of alkyl halides is 3. The van der Waals surface area contributed by atoms with Gasteiger partial charge in [-0.15, -0.1) is 0 Å². The van der Waals surface area contributed by atoms with Crippen molar-refractivity contribution < 1.29 is 21.6 Å². The molecule has 0 atom stereocenters. The van der Waals surface area contributed by atoms with E-state index in [0.29, 0.717) is 10.2 Å². The second-order valence-electron chi connectivity index (χ2n) is 3.76. The highest BCUT2D eigenvalue weighted by molar-refractivity contribution is 14.1. The molecular weight excluding hydrogens is 462 g/mol. The molecule has 0 aliphatic carbocycles. The Labute approximate surface area is 131 Å². The molecule has 19 heavy (non-hydrogen) atoms. The van der Waals surface area contributed by atoms with Crippen molar-refractivity contribution in [2.75, 3.05) is 10.5 Å². The summed E-state index contributed by atoms with van der Waals surface area (Å²) in [6.07, 6.45) is -5.90. The number of nitrogens with one attached hydrogen (secondary N) is 1. The second-order valence-corrected chi connectivity index (χ2v) is 7.71. The van der Waals surface area contributed by atoms with Crippen LogP contribution in [0.2, 0.25) is 0 Å². The Morgan fingerprint density at radius 3 is 2.53 bits per heavy atom. The van der Waals surface area contributed by atoms with E-state index in [4.69, 9.17) is 0 Å². The van der Waals surface area contributed by atoms with Crippen LogP contribution in [0.4, 0.5) is 18.9 Å². The molecule has 1 N–H and O–H groups in total. The van der Waals surface area contributed by atoms with E-state index in [2.05, 4.69) is 20.7 Å².